The highest BCUT2D eigenvalue weighted by Crippen LogP contribution is 2.47. The topological polar surface area (TPSA) is 15.3 Å². The molecule has 2 rings (SSSR count). The van der Waals surface area contributed by atoms with Gasteiger partial charge in [0.25, 0.3) is 0 Å². The minimum absolute atomic E-state index is 0.380. The van der Waals surface area contributed by atoms with E-state index in [1.54, 1.807) is 0 Å². The van der Waals surface area contributed by atoms with Crippen molar-refractivity contribution in [3.8, 4) is 0 Å². The predicted molar refractivity (Wildman–Crippen MR) is 77.9 cm³/mol. The summed E-state index contributed by atoms with van der Waals surface area (Å²) in [5.41, 5.74) is 0.380. The van der Waals surface area contributed by atoms with Crippen molar-refractivity contribution in [1.82, 2.24) is 10.2 Å². The maximum atomic E-state index is 3.80. The zero-order chi connectivity index (χ0) is 12.4. The average Bonchev–Trinajstić information content (AvgIpc) is 3.15. The van der Waals surface area contributed by atoms with Crippen LogP contribution in [0.5, 0.6) is 0 Å². The maximum absolute atomic E-state index is 3.80. The minimum atomic E-state index is 0.380. The third-order valence-electron chi connectivity index (χ3n) is 4.78. The largest absolute Gasteiger partial charge is 0.310 e. The van der Waals surface area contributed by atoms with Gasteiger partial charge in [0.15, 0.2) is 0 Å². The highest BCUT2D eigenvalue weighted by atomic mass is 32.2. The van der Waals surface area contributed by atoms with E-state index in [1.807, 2.05) is 0 Å². The third kappa shape index (κ3) is 3.18. The van der Waals surface area contributed by atoms with Crippen molar-refractivity contribution in [3.63, 3.8) is 0 Å². The summed E-state index contributed by atoms with van der Waals surface area (Å²) in [5, 5.41) is 3.80. The van der Waals surface area contributed by atoms with E-state index in [0.717, 1.165) is 0 Å². The van der Waals surface area contributed by atoms with Gasteiger partial charge in [0, 0.05) is 23.4 Å². The van der Waals surface area contributed by atoms with E-state index < -0.39 is 0 Å². The molecular formula is C14H28N2S. The quantitative estimate of drug-likeness (QED) is 0.814. The van der Waals surface area contributed by atoms with Gasteiger partial charge in [-0.25, -0.2) is 0 Å². The second-order valence-corrected chi connectivity index (χ2v) is 7.14. The Morgan fingerprint density at radius 1 is 1.24 bits per heavy atom. The Bertz CT molecular complexity index is 247. The molecule has 17 heavy (non-hydrogen) atoms. The van der Waals surface area contributed by atoms with Gasteiger partial charge in [0.05, 0.1) is 0 Å². The van der Waals surface area contributed by atoms with E-state index in [0.29, 0.717) is 10.3 Å². The lowest BCUT2D eigenvalue weighted by molar-refractivity contribution is 0.195. The van der Waals surface area contributed by atoms with Crippen LogP contribution in [0.15, 0.2) is 0 Å². The summed E-state index contributed by atoms with van der Waals surface area (Å²) < 4.78 is 0.623. The zero-order valence-corrected chi connectivity index (χ0v) is 12.5. The summed E-state index contributed by atoms with van der Waals surface area (Å²) in [7, 11) is 0. The van der Waals surface area contributed by atoms with Crippen LogP contribution >= 0.6 is 11.8 Å². The molecule has 0 spiro atoms. The molecular weight excluding hydrogens is 228 g/mol. The molecule has 0 atom stereocenters. The standard InChI is InChI=1S/C14H28N2S/c1-4-13(5-2)11-16(10-6-9-15-13)12-14(17-3)7-8-14/h15H,4-12H2,1-3H3. The van der Waals surface area contributed by atoms with E-state index in [1.165, 1.54) is 58.3 Å². The molecule has 2 fully saturated rings. The van der Waals surface area contributed by atoms with Crippen molar-refractivity contribution in [2.45, 2.75) is 56.2 Å². The Balaban J connectivity index is 1.97. The molecule has 100 valence electrons. The molecule has 0 unspecified atom stereocenters. The molecule has 3 heteroatoms. The van der Waals surface area contributed by atoms with Gasteiger partial charge in [-0.15, -0.1) is 0 Å². The first-order valence-corrected chi connectivity index (χ1v) is 8.42. The maximum Gasteiger partial charge on any atom is 0.0303 e. The van der Waals surface area contributed by atoms with Gasteiger partial charge in [0.2, 0.25) is 0 Å². The van der Waals surface area contributed by atoms with Crippen LogP contribution in [0.25, 0.3) is 0 Å². The zero-order valence-electron chi connectivity index (χ0n) is 11.7. The van der Waals surface area contributed by atoms with Gasteiger partial charge >= 0.3 is 0 Å². The first kappa shape index (κ1) is 13.7. The highest BCUT2D eigenvalue weighted by Gasteiger charge is 2.44. The Morgan fingerprint density at radius 3 is 2.47 bits per heavy atom. The second-order valence-electron chi connectivity index (χ2n) is 5.87. The summed E-state index contributed by atoms with van der Waals surface area (Å²) in [6.45, 7) is 9.73. The van der Waals surface area contributed by atoms with Crippen LogP contribution in [0, 0.1) is 0 Å². The Labute approximate surface area is 111 Å². The van der Waals surface area contributed by atoms with Gasteiger partial charge in [-0.1, -0.05) is 13.8 Å². The first-order valence-electron chi connectivity index (χ1n) is 7.20. The molecule has 1 saturated carbocycles. The monoisotopic (exact) mass is 256 g/mol. The molecule has 1 saturated heterocycles. The van der Waals surface area contributed by atoms with Gasteiger partial charge in [-0.05, 0) is 51.4 Å². The van der Waals surface area contributed by atoms with Crippen LogP contribution < -0.4 is 5.32 Å². The van der Waals surface area contributed by atoms with E-state index in [4.69, 9.17) is 0 Å². The van der Waals surface area contributed by atoms with E-state index in [2.05, 4.69) is 42.1 Å². The van der Waals surface area contributed by atoms with Crippen molar-refractivity contribution in [3.05, 3.63) is 0 Å². The minimum Gasteiger partial charge on any atom is -0.310 e. The molecule has 0 aromatic carbocycles. The molecule has 0 bridgehead atoms. The van der Waals surface area contributed by atoms with Crippen molar-refractivity contribution in [2.75, 3.05) is 32.4 Å². The van der Waals surface area contributed by atoms with Gasteiger partial charge < -0.3 is 10.2 Å². The van der Waals surface area contributed by atoms with Gasteiger partial charge in [-0.3, -0.25) is 0 Å². The van der Waals surface area contributed by atoms with Crippen molar-refractivity contribution in [2.24, 2.45) is 0 Å². The molecule has 0 radical (unpaired) electrons. The summed E-state index contributed by atoms with van der Waals surface area (Å²) in [5.74, 6) is 0. The number of hydrogen-bond acceptors (Lipinski definition) is 3. The molecule has 0 amide bonds. The highest BCUT2D eigenvalue weighted by molar-refractivity contribution is 8.00. The number of nitrogens with one attached hydrogen (secondary N) is 1. The fourth-order valence-corrected chi connectivity index (χ4v) is 3.87. The number of nitrogens with zero attached hydrogens (tertiary/aromatic N) is 1. The van der Waals surface area contributed by atoms with Crippen LogP contribution in [-0.2, 0) is 0 Å². The third-order valence-corrected chi connectivity index (χ3v) is 6.19. The molecule has 0 aromatic heterocycles. The van der Waals surface area contributed by atoms with E-state index in [-0.39, 0.29) is 0 Å². The fourth-order valence-electron chi connectivity index (χ4n) is 3.05. The molecule has 2 nitrogen and oxygen atoms in total. The van der Waals surface area contributed by atoms with Crippen LogP contribution in [0.2, 0.25) is 0 Å². The van der Waals surface area contributed by atoms with Crippen molar-refractivity contribution in [1.29, 1.82) is 0 Å². The number of thioether (sulfide) groups is 1. The molecule has 1 heterocycles. The number of hydrogen-bond donors (Lipinski definition) is 1. The summed E-state index contributed by atoms with van der Waals surface area (Å²) in [6, 6.07) is 0. The molecule has 1 aliphatic carbocycles. The lowest BCUT2D eigenvalue weighted by Gasteiger charge is -2.36. The lowest BCUT2D eigenvalue weighted by Crippen LogP contribution is -2.51. The first-order chi connectivity index (χ1) is 8.17. The lowest BCUT2D eigenvalue weighted by atomic mass is 9.92. The molecule has 1 N–H and O–H groups in total. The smallest absolute Gasteiger partial charge is 0.0303 e. The van der Waals surface area contributed by atoms with E-state index in [9.17, 15) is 0 Å². The Kier molecular flexibility index (Phi) is 4.43. The summed E-state index contributed by atoms with van der Waals surface area (Å²) in [6.07, 6.45) is 8.98. The van der Waals surface area contributed by atoms with Crippen LogP contribution in [0.4, 0.5) is 0 Å². The summed E-state index contributed by atoms with van der Waals surface area (Å²) >= 11 is 2.09. The normalized spacial score (nSPS) is 27.7. The Morgan fingerprint density at radius 2 is 1.94 bits per heavy atom. The molecule has 2 aliphatic rings. The molecule has 0 aromatic rings. The van der Waals surface area contributed by atoms with Crippen LogP contribution in [0.3, 0.4) is 0 Å². The average molecular weight is 256 g/mol. The molecule has 1 aliphatic heterocycles. The van der Waals surface area contributed by atoms with Crippen LogP contribution in [0.1, 0.15) is 46.0 Å². The Hall–Kier alpha value is 0.270. The number of rotatable bonds is 5. The predicted octanol–water partition coefficient (Wildman–Crippen LogP) is 2.74. The van der Waals surface area contributed by atoms with Crippen LogP contribution in [-0.4, -0.2) is 47.6 Å². The van der Waals surface area contributed by atoms with Gasteiger partial charge in [0.1, 0.15) is 0 Å². The summed E-state index contributed by atoms with van der Waals surface area (Å²) in [4.78, 5) is 2.73. The van der Waals surface area contributed by atoms with E-state index >= 15 is 0 Å². The SMILES string of the molecule is CCC1(CC)CN(CC2(SC)CC2)CCCN1. The van der Waals surface area contributed by atoms with Gasteiger partial charge in [-0.2, -0.15) is 11.8 Å². The van der Waals surface area contributed by atoms with Crippen molar-refractivity contribution >= 4 is 11.8 Å². The van der Waals surface area contributed by atoms with Crippen molar-refractivity contribution < 1.29 is 0 Å². The second kappa shape index (κ2) is 5.50. The fraction of sp³-hybridized carbons (Fsp3) is 1.00.